The van der Waals surface area contributed by atoms with Gasteiger partial charge in [-0.1, -0.05) is 0 Å². The monoisotopic (exact) mass is 266 g/mol. The van der Waals surface area contributed by atoms with Crippen LogP contribution in [0.15, 0.2) is 18.2 Å². The number of ether oxygens (including phenoxy) is 2. The summed E-state index contributed by atoms with van der Waals surface area (Å²) in [5, 5.41) is 12.2. The molecule has 0 radical (unpaired) electrons. The summed E-state index contributed by atoms with van der Waals surface area (Å²) in [6.45, 7) is 2.76. The molecule has 0 aromatic heterocycles. The summed E-state index contributed by atoms with van der Waals surface area (Å²) in [6.07, 6.45) is 1.08. The van der Waals surface area contributed by atoms with Crippen LogP contribution in [0.4, 0.5) is 5.69 Å². The van der Waals surface area contributed by atoms with E-state index in [0.717, 1.165) is 36.7 Å². The summed E-state index contributed by atoms with van der Waals surface area (Å²) in [5.74, 6) is 1.64. The standard InChI is InChI=1S/C14H22N2O3/c1-18-12-3-4-13(14(9-12)19-2)16-7-5-11(10-16)15-6-8-17/h3-4,9,11,15,17H,5-8,10H2,1-2H3. The first-order valence-corrected chi connectivity index (χ1v) is 6.59. The molecule has 1 aliphatic heterocycles. The third-order valence-electron chi connectivity index (χ3n) is 3.46. The first-order chi connectivity index (χ1) is 9.28. The zero-order valence-corrected chi connectivity index (χ0v) is 11.6. The Morgan fingerprint density at radius 1 is 1.37 bits per heavy atom. The molecule has 0 spiro atoms. The van der Waals surface area contributed by atoms with Crippen LogP contribution in [-0.2, 0) is 0 Å². The third-order valence-corrected chi connectivity index (χ3v) is 3.46. The van der Waals surface area contributed by atoms with Crippen molar-refractivity contribution >= 4 is 5.69 Å². The fourth-order valence-corrected chi connectivity index (χ4v) is 2.46. The highest BCUT2D eigenvalue weighted by Gasteiger charge is 2.24. The fraction of sp³-hybridized carbons (Fsp3) is 0.571. The third kappa shape index (κ3) is 3.30. The molecule has 1 aromatic rings. The molecule has 1 atom stereocenters. The highest BCUT2D eigenvalue weighted by atomic mass is 16.5. The molecule has 0 saturated carbocycles. The highest BCUT2D eigenvalue weighted by molar-refractivity contribution is 5.61. The zero-order chi connectivity index (χ0) is 13.7. The fourth-order valence-electron chi connectivity index (χ4n) is 2.46. The van der Waals surface area contributed by atoms with Gasteiger partial charge in [-0.3, -0.25) is 0 Å². The molecule has 2 N–H and O–H groups in total. The number of aliphatic hydroxyl groups is 1. The lowest BCUT2D eigenvalue weighted by molar-refractivity contribution is 0.286. The molecule has 5 nitrogen and oxygen atoms in total. The lowest BCUT2D eigenvalue weighted by Gasteiger charge is -2.22. The number of nitrogens with zero attached hydrogens (tertiary/aromatic N) is 1. The van der Waals surface area contributed by atoms with Gasteiger partial charge in [0.05, 0.1) is 26.5 Å². The van der Waals surface area contributed by atoms with Crippen LogP contribution in [0, 0.1) is 0 Å². The van der Waals surface area contributed by atoms with Crippen molar-refractivity contribution in [1.82, 2.24) is 5.32 Å². The second kappa shape index (κ2) is 6.63. The van der Waals surface area contributed by atoms with Gasteiger partial charge in [-0.25, -0.2) is 0 Å². The van der Waals surface area contributed by atoms with Crippen molar-refractivity contribution in [2.45, 2.75) is 12.5 Å². The van der Waals surface area contributed by atoms with Crippen LogP contribution in [0.3, 0.4) is 0 Å². The zero-order valence-electron chi connectivity index (χ0n) is 11.6. The molecule has 0 bridgehead atoms. The van der Waals surface area contributed by atoms with E-state index >= 15 is 0 Å². The second-order valence-corrected chi connectivity index (χ2v) is 4.65. The topological polar surface area (TPSA) is 54.0 Å². The smallest absolute Gasteiger partial charge is 0.145 e. The minimum Gasteiger partial charge on any atom is -0.497 e. The van der Waals surface area contributed by atoms with E-state index in [4.69, 9.17) is 14.6 Å². The van der Waals surface area contributed by atoms with Gasteiger partial charge in [-0.2, -0.15) is 0 Å². The Labute approximate surface area is 114 Å². The summed E-state index contributed by atoms with van der Waals surface area (Å²) in [6, 6.07) is 6.32. The van der Waals surface area contributed by atoms with Crippen molar-refractivity contribution < 1.29 is 14.6 Å². The van der Waals surface area contributed by atoms with Crippen molar-refractivity contribution in [1.29, 1.82) is 0 Å². The number of rotatable bonds is 6. The van der Waals surface area contributed by atoms with Gasteiger partial charge in [0.2, 0.25) is 0 Å². The molecule has 106 valence electrons. The Bertz CT molecular complexity index is 412. The van der Waals surface area contributed by atoms with Crippen molar-refractivity contribution in [3.8, 4) is 11.5 Å². The quantitative estimate of drug-likeness (QED) is 0.800. The van der Waals surface area contributed by atoms with Gasteiger partial charge in [0, 0.05) is 31.7 Å². The maximum Gasteiger partial charge on any atom is 0.145 e. The lowest BCUT2D eigenvalue weighted by atomic mass is 10.2. The van der Waals surface area contributed by atoms with Crippen LogP contribution in [0.1, 0.15) is 6.42 Å². The average molecular weight is 266 g/mol. The molecule has 0 amide bonds. The highest BCUT2D eigenvalue weighted by Crippen LogP contribution is 2.33. The van der Waals surface area contributed by atoms with Crippen LogP contribution >= 0.6 is 0 Å². The normalized spacial score (nSPS) is 18.7. The van der Waals surface area contributed by atoms with Gasteiger partial charge in [0.15, 0.2) is 0 Å². The first-order valence-electron chi connectivity index (χ1n) is 6.59. The Morgan fingerprint density at radius 2 is 2.21 bits per heavy atom. The summed E-state index contributed by atoms with van der Waals surface area (Å²) < 4.78 is 10.6. The van der Waals surface area contributed by atoms with E-state index in [0.29, 0.717) is 12.6 Å². The Kier molecular flexibility index (Phi) is 4.87. The maximum absolute atomic E-state index is 8.84. The van der Waals surface area contributed by atoms with Gasteiger partial charge in [-0.15, -0.1) is 0 Å². The van der Waals surface area contributed by atoms with Gasteiger partial charge in [0.1, 0.15) is 11.5 Å². The number of aliphatic hydroxyl groups excluding tert-OH is 1. The Morgan fingerprint density at radius 3 is 2.89 bits per heavy atom. The Hall–Kier alpha value is -1.46. The predicted octanol–water partition coefficient (Wildman–Crippen LogP) is 0.864. The van der Waals surface area contributed by atoms with Crippen LogP contribution in [0.5, 0.6) is 11.5 Å². The number of benzene rings is 1. The van der Waals surface area contributed by atoms with Crippen molar-refractivity contribution in [3.05, 3.63) is 18.2 Å². The molecule has 1 aromatic carbocycles. The van der Waals surface area contributed by atoms with Gasteiger partial charge < -0.3 is 24.8 Å². The molecule has 1 unspecified atom stereocenters. The number of methoxy groups -OCH3 is 2. The Balaban J connectivity index is 2.06. The largest absolute Gasteiger partial charge is 0.497 e. The van der Waals surface area contributed by atoms with Crippen LogP contribution in [-0.4, -0.2) is 51.6 Å². The van der Waals surface area contributed by atoms with Crippen molar-refractivity contribution in [2.24, 2.45) is 0 Å². The van der Waals surface area contributed by atoms with Crippen LogP contribution in [0.2, 0.25) is 0 Å². The summed E-state index contributed by atoms with van der Waals surface area (Å²) >= 11 is 0. The van der Waals surface area contributed by atoms with Crippen LogP contribution in [0.25, 0.3) is 0 Å². The van der Waals surface area contributed by atoms with E-state index in [2.05, 4.69) is 10.2 Å². The number of hydrogen-bond donors (Lipinski definition) is 2. The molecule has 1 fully saturated rings. The van der Waals surface area contributed by atoms with Crippen LogP contribution < -0.4 is 19.7 Å². The molecule has 19 heavy (non-hydrogen) atoms. The van der Waals surface area contributed by atoms with E-state index in [1.165, 1.54) is 0 Å². The molecular weight excluding hydrogens is 244 g/mol. The summed E-state index contributed by atoms with van der Waals surface area (Å²) in [7, 11) is 3.33. The minimum atomic E-state index is 0.183. The van der Waals surface area contributed by atoms with E-state index < -0.39 is 0 Å². The second-order valence-electron chi connectivity index (χ2n) is 4.65. The lowest BCUT2D eigenvalue weighted by Crippen LogP contribution is -2.34. The molecular formula is C14H22N2O3. The molecule has 0 aliphatic carbocycles. The number of anilines is 1. The van der Waals surface area contributed by atoms with E-state index in [1.807, 2.05) is 18.2 Å². The van der Waals surface area contributed by atoms with E-state index in [-0.39, 0.29) is 6.61 Å². The maximum atomic E-state index is 8.84. The molecule has 1 saturated heterocycles. The summed E-state index contributed by atoms with van der Waals surface area (Å²) in [4.78, 5) is 2.30. The minimum absolute atomic E-state index is 0.183. The van der Waals surface area contributed by atoms with E-state index in [1.54, 1.807) is 14.2 Å². The molecule has 1 aliphatic rings. The SMILES string of the molecule is COc1ccc(N2CCC(NCCO)C2)c(OC)c1. The van der Waals surface area contributed by atoms with Crippen molar-refractivity contribution in [3.63, 3.8) is 0 Å². The molecule has 5 heteroatoms. The number of nitrogens with one attached hydrogen (secondary N) is 1. The first kappa shape index (κ1) is 14.0. The van der Waals surface area contributed by atoms with Crippen molar-refractivity contribution in [2.75, 3.05) is 45.4 Å². The predicted molar refractivity (Wildman–Crippen MR) is 75.3 cm³/mol. The number of hydrogen-bond acceptors (Lipinski definition) is 5. The average Bonchev–Trinajstić information content (AvgIpc) is 2.92. The van der Waals surface area contributed by atoms with Gasteiger partial charge in [-0.05, 0) is 18.6 Å². The molecule has 2 rings (SSSR count). The molecule has 1 heterocycles. The summed E-state index contributed by atoms with van der Waals surface area (Å²) in [5.41, 5.74) is 1.09. The van der Waals surface area contributed by atoms with E-state index in [9.17, 15) is 0 Å². The van der Waals surface area contributed by atoms with Gasteiger partial charge >= 0.3 is 0 Å². The van der Waals surface area contributed by atoms with Gasteiger partial charge in [0.25, 0.3) is 0 Å².